The molecule has 0 aliphatic rings. The smallest absolute Gasteiger partial charge is 0.253 e. The number of nitrogens with zero attached hydrogens (tertiary/aromatic N) is 4. The summed E-state index contributed by atoms with van der Waals surface area (Å²) < 4.78 is 2.97. The van der Waals surface area contributed by atoms with E-state index in [4.69, 9.17) is 0 Å². The van der Waals surface area contributed by atoms with Crippen molar-refractivity contribution in [2.45, 2.75) is 23.9 Å². The summed E-state index contributed by atoms with van der Waals surface area (Å²) in [5, 5.41) is 19.0. The summed E-state index contributed by atoms with van der Waals surface area (Å²) in [6.07, 6.45) is 1.62. The molecule has 2 N–H and O–H groups in total. The third kappa shape index (κ3) is 6.12. The van der Waals surface area contributed by atoms with Crippen LogP contribution in [0.25, 0.3) is 16.5 Å². The first-order chi connectivity index (χ1) is 18.6. The van der Waals surface area contributed by atoms with Gasteiger partial charge in [-0.05, 0) is 48.2 Å². The third-order valence-corrected chi connectivity index (χ3v) is 7.42. The van der Waals surface area contributed by atoms with Gasteiger partial charge in [-0.2, -0.15) is 5.10 Å². The molecule has 1 atom stereocenters. The van der Waals surface area contributed by atoms with E-state index in [1.165, 1.54) is 17.1 Å². The normalized spacial score (nSPS) is 12.1. The molecular weight excluding hydrogens is 560 g/mol. The fraction of sp³-hybridized carbons (Fsp3) is 0.103. The molecule has 1 amide bonds. The van der Waals surface area contributed by atoms with E-state index in [1.807, 2.05) is 84.3 Å². The Labute approximate surface area is 233 Å². The zero-order valence-electron chi connectivity index (χ0n) is 20.6. The molecule has 0 aliphatic carbocycles. The van der Waals surface area contributed by atoms with Gasteiger partial charge in [-0.3, -0.25) is 9.36 Å². The molecule has 1 aromatic heterocycles. The summed E-state index contributed by atoms with van der Waals surface area (Å²) in [5.74, 6) is 0.522. The van der Waals surface area contributed by atoms with Crippen LogP contribution >= 0.6 is 27.7 Å². The maximum Gasteiger partial charge on any atom is 0.253 e. The molecule has 1 heterocycles. The predicted molar refractivity (Wildman–Crippen MR) is 158 cm³/mol. The molecule has 5 aromatic rings. The van der Waals surface area contributed by atoms with E-state index in [9.17, 15) is 4.79 Å². The molecule has 0 unspecified atom stereocenters. The van der Waals surface area contributed by atoms with Gasteiger partial charge in [-0.1, -0.05) is 94.4 Å². The number of benzene rings is 4. The number of para-hydroxylation sites is 1. The number of halogens is 1. The van der Waals surface area contributed by atoms with Crippen molar-refractivity contribution in [1.29, 1.82) is 0 Å². The van der Waals surface area contributed by atoms with Crippen molar-refractivity contribution in [2.24, 2.45) is 5.10 Å². The topological polar surface area (TPSA) is 84.2 Å². The maximum absolute atomic E-state index is 12.8. The van der Waals surface area contributed by atoms with E-state index in [0.29, 0.717) is 11.7 Å². The van der Waals surface area contributed by atoms with E-state index >= 15 is 0 Å². The van der Waals surface area contributed by atoms with E-state index in [1.54, 1.807) is 6.21 Å². The average Bonchev–Trinajstić information content (AvgIpc) is 3.35. The van der Waals surface area contributed by atoms with Crippen molar-refractivity contribution in [3.05, 3.63) is 113 Å². The molecule has 4 aromatic carbocycles. The molecule has 7 nitrogen and oxygen atoms in total. The van der Waals surface area contributed by atoms with Gasteiger partial charge in [0.15, 0.2) is 11.0 Å². The van der Waals surface area contributed by atoms with Gasteiger partial charge in [0.2, 0.25) is 0 Å². The van der Waals surface area contributed by atoms with Crippen LogP contribution in [0.4, 0.5) is 5.69 Å². The summed E-state index contributed by atoms with van der Waals surface area (Å²) in [4.78, 5) is 12.8. The molecule has 5 rings (SSSR count). The van der Waals surface area contributed by atoms with Crippen LogP contribution in [0.2, 0.25) is 0 Å². The molecule has 0 aliphatic heterocycles. The Hall–Kier alpha value is -3.95. The Morgan fingerprint density at radius 2 is 1.71 bits per heavy atom. The molecule has 190 valence electrons. The molecule has 0 fully saturated rings. The van der Waals surface area contributed by atoms with Crippen molar-refractivity contribution < 1.29 is 4.79 Å². The van der Waals surface area contributed by atoms with Crippen LogP contribution in [0.3, 0.4) is 0 Å². The highest BCUT2D eigenvalue weighted by Crippen LogP contribution is 2.27. The van der Waals surface area contributed by atoms with Crippen LogP contribution in [0.1, 0.15) is 18.3 Å². The Bertz CT molecular complexity index is 1560. The fourth-order valence-corrected chi connectivity index (χ4v) is 5.05. The lowest BCUT2D eigenvalue weighted by Gasteiger charge is -2.14. The number of anilines is 1. The summed E-state index contributed by atoms with van der Waals surface area (Å²) in [6.45, 7) is 2.29. The van der Waals surface area contributed by atoms with Gasteiger partial charge in [-0.25, -0.2) is 5.43 Å². The zero-order chi connectivity index (χ0) is 26.3. The van der Waals surface area contributed by atoms with Gasteiger partial charge >= 0.3 is 0 Å². The summed E-state index contributed by atoms with van der Waals surface area (Å²) in [7, 11) is 0. The highest BCUT2D eigenvalue weighted by atomic mass is 79.9. The monoisotopic (exact) mass is 584 g/mol. The number of hydrazone groups is 1. The largest absolute Gasteiger partial charge is 0.377 e. The number of fused-ring (bicyclic) bond motifs is 1. The number of hydrogen-bond donors (Lipinski definition) is 2. The van der Waals surface area contributed by atoms with Crippen LogP contribution in [0.5, 0.6) is 0 Å². The highest BCUT2D eigenvalue weighted by molar-refractivity contribution is 9.10. The fourth-order valence-electron chi connectivity index (χ4n) is 3.90. The summed E-state index contributed by atoms with van der Waals surface area (Å²) in [6, 6.07) is 32.0. The molecule has 0 spiro atoms. The number of rotatable bonds is 9. The molecule has 0 saturated heterocycles. The predicted octanol–water partition coefficient (Wildman–Crippen LogP) is 6.43. The van der Waals surface area contributed by atoms with Gasteiger partial charge in [0.25, 0.3) is 5.91 Å². The lowest BCUT2D eigenvalue weighted by Crippen LogP contribution is -2.27. The first-order valence-electron chi connectivity index (χ1n) is 12.0. The standard InChI is InChI=1S/C29H25BrN6OS/c1-20(28(37)34-32-18-21-14-16-23(30)17-15-21)38-29-35-33-27(36(29)24-10-3-2-4-11-24)19-31-26-13-7-9-22-8-5-6-12-25(22)26/h2-18,20,31H,19H2,1H3,(H,34,37)/b32-18-/t20-/m0/s1. The minimum absolute atomic E-state index is 0.221. The van der Waals surface area contributed by atoms with E-state index in [2.05, 4.69) is 66.2 Å². The second-order valence-corrected chi connectivity index (χ2v) is 10.7. The average molecular weight is 586 g/mol. The first-order valence-corrected chi connectivity index (χ1v) is 13.7. The van der Waals surface area contributed by atoms with Gasteiger partial charge in [-0.15, -0.1) is 10.2 Å². The number of carbonyl (C=O) groups is 1. The lowest BCUT2D eigenvalue weighted by atomic mass is 10.1. The Morgan fingerprint density at radius 1 is 0.974 bits per heavy atom. The van der Waals surface area contributed by atoms with Crippen LogP contribution in [-0.2, 0) is 11.3 Å². The minimum Gasteiger partial charge on any atom is -0.377 e. The van der Waals surface area contributed by atoms with Gasteiger partial charge < -0.3 is 5.32 Å². The minimum atomic E-state index is -0.442. The van der Waals surface area contributed by atoms with Crippen molar-refractivity contribution in [3.63, 3.8) is 0 Å². The van der Waals surface area contributed by atoms with Gasteiger partial charge in [0.05, 0.1) is 18.0 Å². The molecule has 38 heavy (non-hydrogen) atoms. The first kappa shape index (κ1) is 25.7. The lowest BCUT2D eigenvalue weighted by molar-refractivity contribution is -0.120. The van der Waals surface area contributed by atoms with E-state index in [0.717, 1.165) is 32.6 Å². The number of hydrogen-bond acceptors (Lipinski definition) is 6. The molecule has 9 heteroatoms. The highest BCUT2D eigenvalue weighted by Gasteiger charge is 2.21. The van der Waals surface area contributed by atoms with Crippen LogP contribution < -0.4 is 10.7 Å². The number of carbonyl (C=O) groups excluding carboxylic acids is 1. The third-order valence-electron chi connectivity index (χ3n) is 5.85. The number of amides is 1. The summed E-state index contributed by atoms with van der Waals surface area (Å²) >= 11 is 4.74. The van der Waals surface area contributed by atoms with Crippen molar-refractivity contribution in [2.75, 3.05) is 5.32 Å². The number of thioether (sulfide) groups is 1. The number of aromatic nitrogens is 3. The quantitative estimate of drug-likeness (QED) is 0.118. The Morgan fingerprint density at radius 3 is 2.53 bits per heavy atom. The zero-order valence-corrected chi connectivity index (χ0v) is 23.0. The Balaban J connectivity index is 1.32. The van der Waals surface area contributed by atoms with E-state index < -0.39 is 5.25 Å². The Kier molecular flexibility index (Phi) is 8.15. The molecular formula is C29H25BrN6OS. The van der Waals surface area contributed by atoms with Crippen molar-refractivity contribution in [1.82, 2.24) is 20.2 Å². The molecule has 0 bridgehead atoms. The van der Waals surface area contributed by atoms with Gasteiger partial charge in [0.1, 0.15) is 0 Å². The second-order valence-electron chi connectivity index (χ2n) is 8.50. The maximum atomic E-state index is 12.8. The SMILES string of the molecule is C[C@H](Sc1nnc(CNc2cccc3ccccc23)n1-c1ccccc1)C(=O)N/N=C\c1ccc(Br)cc1. The second kappa shape index (κ2) is 12.1. The summed E-state index contributed by atoms with van der Waals surface area (Å²) in [5.41, 5.74) is 5.46. The molecule has 0 radical (unpaired) electrons. The van der Waals surface area contributed by atoms with Crippen LogP contribution in [0.15, 0.2) is 112 Å². The van der Waals surface area contributed by atoms with E-state index in [-0.39, 0.29) is 5.91 Å². The van der Waals surface area contributed by atoms with Crippen LogP contribution in [-0.4, -0.2) is 32.1 Å². The van der Waals surface area contributed by atoms with Gasteiger partial charge in [0, 0.05) is 21.2 Å². The molecule has 0 saturated carbocycles. The van der Waals surface area contributed by atoms with Crippen molar-refractivity contribution in [3.8, 4) is 5.69 Å². The van der Waals surface area contributed by atoms with Crippen LogP contribution in [0, 0.1) is 0 Å². The van der Waals surface area contributed by atoms with Crippen molar-refractivity contribution >= 4 is 56.3 Å². The number of nitrogens with one attached hydrogen (secondary N) is 2.